The minimum absolute atomic E-state index is 0.0839. The highest BCUT2D eigenvalue weighted by Gasteiger charge is 2.40. The Morgan fingerprint density at radius 1 is 1.04 bits per heavy atom. The van der Waals surface area contributed by atoms with Gasteiger partial charge in [-0.2, -0.15) is 0 Å². The number of carbonyl (C=O) groups excluding carboxylic acids is 1. The van der Waals surface area contributed by atoms with Crippen LogP contribution in [0.2, 0.25) is 0 Å². The quantitative estimate of drug-likeness (QED) is 0.798. The van der Waals surface area contributed by atoms with Crippen molar-refractivity contribution in [2.75, 3.05) is 32.8 Å². The molecule has 28 heavy (non-hydrogen) atoms. The van der Waals surface area contributed by atoms with Gasteiger partial charge in [-0.05, 0) is 49.7 Å². The number of rotatable bonds is 3. The Hall–Kier alpha value is -1.66. The van der Waals surface area contributed by atoms with Crippen molar-refractivity contribution in [3.8, 4) is 0 Å². The Morgan fingerprint density at radius 2 is 1.79 bits per heavy atom. The molecule has 0 aromatic carbocycles. The van der Waals surface area contributed by atoms with Gasteiger partial charge < -0.3 is 14.2 Å². The van der Waals surface area contributed by atoms with Crippen LogP contribution in [-0.4, -0.2) is 65.2 Å². The van der Waals surface area contributed by atoms with Crippen LogP contribution < -0.4 is 5.56 Å². The smallest absolute Gasteiger partial charge is 0.263 e. The lowest BCUT2D eigenvalue weighted by atomic mass is 9.94. The van der Waals surface area contributed by atoms with E-state index >= 15 is 0 Å². The second-order valence-corrected chi connectivity index (χ2v) is 9.04. The number of piperidine rings is 1. The number of fused-ring (bicyclic) bond motifs is 4. The van der Waals surface area contributed by atoms with Gasteiger partial charge in [0.1, 0.15) is 5.56 Å². The lowest BCUT2D eigenvalue weighted by Gasteiger charge is -2.37. The summed E-state index contributed by atoms with van der Waals surface area (Å²) >= 11 is 0. The molecule has 0 radical (unpaired) electrons. The molecule has 2 atom stereocenters. The van der Waals surface area contributed by atoms with E-state index in [1.807, 2.05) is 11.0 Å². The molecule has 4 fully saturated rings. The van der Waals surface area contributed by atoms with E-state index in [1.165, 1.54) is 6.42 Å². The third-order valence-electron chi connectivity index (χ3n) is 6.87. The molecule has 0 aliphatic carbocycles. The third kappa shape index (κ3) is 3.64. The average molecular weight is 388 g/mol. The first-order valence-corrected chi connectivity index (χ1v) is 10.8. The minimum atomic E-state index is -0.169. The van der Waals surface area contributed by atoms with E-state index in [0.29, 0.717) is 17.5 Å². The van der Waals surface area contributed by atoms with Crippen molar-refractivity contribution < 1.29 is 9.53 Å². The molecule has 1 aromatic heterocycles. The van der Waals surface area contributed by atoms with E-state index in [1.54, 1.807) is 17.7 Å². The highest BCUT2D eigenvalue weighted by Crippen LogP contribution is 2.31. The van der Waals surface area contributed by atoms with Gasteiger partial charge in [0.05, 0.1) is 0 Å². The molecule has 2 bridgehead atoms. The largest absolute Gasteiger partial charge is 0.381 e. The molecule has 5 rings (SSSR count). The van der Waals surface area contributed by atoms with Crippen LogP contribution in [0.25, 0.3) is 0 Å². The highest BCUT2D eigenvalue weighted by atomic mass is 16.5. The number of aromatic nitrogens is 1. The summed E-state index contributed by atoms with van der Waals surface area (Å²) in [4.78, 5) is 30.8. The van der Waals surface area contributed by atoms with Crippen molar-refractivity contribution in [3.05, 3.63) is 33.7 Å². The molecular weight excluding hydrogens is 354 g/mol. The van der Waals surface area contributed by atoms with Gasteiger partial charge in [-0.1, -0.05) is 13.8 Å². The summed E-state index contributed by atoms with van der Waals surface area (Å²) in [7, 11) is 1.77. The Labute approximate surface area is 167 Å². The van der Waals surface area contributed by atoms with E-state index < -0.39 is 0 Å². The van der Waals surface area contributed by atoms with E-state index in [9.17, 15) is 9.59 Å². The number of hydrogen-bond acceptors (Lipinski definition) is 4. The molecule has 4 aliphatic heterocycles. The monoisotopic (exact) mass is 387 g/mol. The van der Waals surface area contributed by atoms with Gasteiger partial charge in [0.2, 0.25) is 0 Å². The number of hydrogen-bond donors (Lipinski definition) is 0. The summed E-state index contributed by atoms with van der Waals surface area (Å²) < 4.78 is 7.17. The molecule has 1 aromatic rings. The molecule has 4 aliphatic rings. The van der Waals surface area contributed by atoms with Crippen molar-refractivity contribution in [1.82, 2.24) is 14.4 Å². The van der Waals surface area contributed by atoms with Crippen LogP contribution in [0, 0.1) is 5.92 Å². The molecule has 6 heteroatoms. The highest BCUT2D eigenvalue weighted by molar-refractivity contribution is 5.94. The van der Waals surface area contributed by atoms with Gasteiger partial charge in [-0.25, -0.2) is 0 Å². The Kier molecular flexibility index (Phi) is 5.61. The minimum Gasteiger partial charge on any atom is -0.381 e. The zero-order valence-electron chi connectivity index (χ0n) is 17.4. The zero-order chi connectivity index (χ0) is 19.8. The molecule has 4 saturated heterocycles. The fourth-order valence-corrected chi connectivity index (χ4v) is 5.26. The van der Waals surface area contributed by atoms with Crippen molar-refractivity contribution in [3.63, 3.8) is 0 Å². The van der Waals surface area contributed by atoms with Gasteiger partial charge in [-0.3, -0.25) is 14.5 Å². The molecule has 1 amide bonds. The molecule has 5 heterocycles. The molecule has 0 saturated carbocycles. The van der Waals surface area contributed by atoms with Gasteiger partial charge in [0, 0.05) is 57.7 Å². The Bertz CT molecular complexity index is 782. The summed E-state index contributed by atoms with van der Waals surface area (Å²) in [5.74, 6) is 0.674. The molecule has 0 N–H and O–H groups in total. The summed E-state index contributed by atoms with van der Waals surface area (Å²) in [6.07, 6.45) is 4.40. The molecule has 0 unspecified atom stereocenters. The summed E-state index contributed by atoms with van der Waals surface area (Å²) in [5, 5.41) is 0. The Balaban J connectivity index is 1.56. The molecule has 6 nitrogen and oxygen atoms in total. The summed E-state index contributed by atoms with van der Waals surface area (Å²) in [6.45, 7) is 8.59. The van der Waals surface area contributed by atoms with Crippen LogP contribution in [-0.2, 0) is 11.8 Å². The predicted molar refractivity (Wildman–Crippen MR) is 109 cm³/mol. The average Bonchev–Trinajstić information content (AvgIpc) is 3.02. The van der Waals surface area contributed by atoms with Gasteiger partial charge >= 0.3 is 0 Å². The van der Waals surface area contributed by atoms with Crippen LogP contribution in [0.5, 0.6) is 0 Å². The third-order valence-corrected chi connectivity index (χ3v) is 6.87. The number of carbonyl (C=O) groups is 1. The number of amides is 1. The lowest BCUT2D eigenvalue weighted by molar-refractivity contribution is 0.0304. The fourth-order valence-electron chi connectivity index (χ4n) is 5.26. The first-order valence-electron chi connectivity index (χ1n) is 10.8. The standard InChI is InChI=1S/C22H33N3O3/c1-15(2)20-7-6-19(21(26)23(20)3)22(27)25-13-16-4-5-18(25)14-24(12-16)17-8-10-28-11-9-17/h6-7,15-18H,4-5,8-14H2,1-3H3/t16-,18+/m0/s1. The maximum absolute atomic E-state index is 13.4. The summed E-state index contributed by atoms with van der Waals surface area (Å²) in [5.41, 5.74) is 1.11. The van der Waals surface area contributed by atoms with Crippen molar-refractivity contribution in [2.24, 2.45) is 13.0 Å². The predicted octanol–water partition coefficient (Wildman–Crippen LogP) is 2.22. The molecule has 154 valence electrons. The van der Waals surface area contributed by atoms with Gasteiger partial charge in [-0.15, -0.1) is 0 Å². The van der Waals surface area contributed by atoms with Crippen molar-refractivity contribution in [1.29, 1.82) is 0 Å². The van der Waals surface area contributed by atoms with Crippen LogP contribution in [0.3, 0.4) is 0 Å². The first-order chi connectivity index (χ1) is 13.5. The van der Waals surface area contributed by atoms with Crippen molar-refractivity contribution in [2.45, 2.75) is 57.5 Å². The second kappa shape index (κ2) is 7.99. The van der Waals surface area contributed by atoms with Crippen LogP contribution >= 0.6 is 0 Å². The van der Waals surface area contributed by atoms with Crippen LogP contribution in [0.4, 0.5) is 0 Å². The Morgan fingerprint density at radius 3 is 2.50 bits per heavy atom. The summed E-state index contributed by atoms with van der Waals surface area (Å²) in [6, 6.07) is 4.46. The van der Waals surface area contributed by atoms with Crippen molar-refractivity contribution >= 4 is 5.91 Å². The topological polar surface area (TPSA) is 54.8 Å². The van der Waals surface area contributed by atoms with E-state index in [0.717, 1.165) is 57.8 Å². The normalized spacial score (nSPS) is 26.6. The SMILES string of the molecule is CC(C)c1ccc(C(=O)N2C[C@H]3CC[C@@H]2CN(C2CCOCC2)C3)c(=O)n1C. The first kappa shape index (κ1) is 19.6. The lowest BCUT2D eigenvalue weighted by Crippen LogP contribution is -2.49. The zero-order valence-corrected chi connectivity index (χ0v) is 17.4. The molecular formula is C22H33N3O3. The second-order valence-electron chi connectivity index (χ2n) is 9.04. The number of ether oxygens (including phenoxy) is 1. The number of pyridine rings is 1. The van der Waals surface area contributed by atoms with E-state index in [2.05, 4.69) is 18.7 Å². The number of nitrogens with zero attached hydrogens (tertiary/aromatic N) is 3. The molecule has 0 spiro atoms. The maximum Gasteiger partial charge on any atom is 0.263 e. The van der Waals surface area contributed by atoms with Gasteiger partial charge in [0.25, 0.3) is 11.5 Å². The maximum atomic E-state index is 13.4. The van der Waals surface area contributed by atoms with Crippen LogP contribution in [0.1, 0.15) is 61.5 Å². The van der Waals surface area contributed by atoms with Crippen LogP contribution in [0.15, 0.2) is 16.9 Å². The van der Waals surface area contributed by atoms with Gasteiger partial charge in [0.15, 0.2) is 0 Å². The van der Waals surface area contributed by atoms with E-state index in [4.69, 9.17) is 4.74 Å². The fraction of sp³-hybridized carbons (Fsp3) is 0.727. The van der Waals surface area contributed by atoms with E-state index in [-0.39, 0.29) is 23.4 Å².